The zero-order valence-electron chi connectivity index (χ0n) is 24.8. The Morgan fingerprint density at radius 1 is 1.02 bits per heavy atom. The van der Waals surface area contributed by atoms with Crippen LogP contribution in [0.5, 0.6) is 5.75 Å². The number of anilines is 1. The van der Waals surface area contributed by atoms with Crippen LogP contribution in [-0.2, 0) is 4.74 Å². The van der Waals surface area contributed by atoms with Gasteiger partial charge in [0.05, 0.1) is 30.4 Å². The van der Waals surface area contributed by atoms with E-state index in [2.05, 4.69) is 16.7 Å². The van der Waals surface area contributed by atoms with E-state index in [4.69, 9.17) is 19.4 Å². The maximum absolute atomic E-state index is 13.8. The minimum Gasteiger partial charge on any atom is -0.486 e. The molecule has 5 rings (SSSR count). The van der Waals surface area contributed by atoms with E-state index in [0.717, 1.165) is 44.1 Å². The number of ether oxygens (including phenoxy) is 2. The molecule has 0 N–H and O–H groups in total. The van der Waals surface area contributed by atoms with Gasteiger partial charge < -0.3 is 24.2 Å². The summed E-state index contributed by atoms with van der Waals surface area (Å²) in [5.41, 5.74) is 2.62. The second-order valence-corrected chi connectivity index (χ2v) is 9.20. The molecule has 1 aromatic heterocycles. The minimum absolute atomic E-state index is 0.0223. The molecule has 0 aliphatic carbocycles. The lowest BCUT2D eigenvalue weighted by Gasteiger charge is -2.34. The lowest BCUT2D eigenvalue weighted by molar-refractivity contribution is 0.0643. The number of fused-ring (bicyclic) bond motifs is 1. The quantitative estimate of drug-likeness (QED) is 0.395. The second-order valence-electron chi connectivity index (χ2n) is 9.20. The summed E-state index contributed by atoms with van der Waals surface area (Å²) >= 11 is 0. The molecule has 3 heterocycles. The van der Waals surface area contributed by atoms with Gasteiger partial charge in [0.15, 0.2) is 0 Å². The molecule has 1 unspecified atom stereocenters. The van der Waals surface area contributed by atoms with Crippen LogP contribution in [0.15, 0.2) is 42.6 Å². The fraction of sp³-hybridized carbons (Fsp3) is 0.516. The third kappa shape index (κ3) is 7.67. The molecule has 218 valence electrons. The van der Waals surface area contributed by atoms with Gasteiger partial charge >= 0.3 is 0 Å². The summed E-state index contributed by atoms with van der Waals surface area (Å²) in [6, 6.07) is 9.74. The Morgan fingerprint density at radius 3 is 2.38 bits per heavy atom. The van der Waals surface area contributed by atoms with Crippen LogP contribution in [0.4, 0.5) is 10.2 Å². The van der Waals surface area contributed by atoms with Crippen molar-refractivity contribution in [3.8, 4) is 5.75 Å². The Bertz CT molecular complexity index is 1230. The first-order chi connectivity index (χ1) is 19.5. The van der Waals surface area contributed by atoms with E-state index in [0.29, 0.717) is 48.6 Å². The molecule has 0 radical (unpaired) electrons. The largest absolute Gasteiger partial charge is 0.486 e. The molecule has 0 saturated carbocycles. The van der Waals surface area contributed by atoms with Gasteiger partial charge in [0, 0.05) is 56.5 Å². The van der Waals surface area contributed by atoms with E-state index in [9.17, 15) is 9.18 Å². The molecule has 2 aliphatic rings. The number of carbonyl (C=O) groups is 1. The number of amides is 1. The molecule has 2 fully saturated rings. The van der Waals surface area contributed by atoms with E-state index in [1.54, 1.807) is 18.3 Å². The highest BCUT2D eigenvalue weighted by Gasteiger charge is 2.25. The van der Waals surface area contributed by atoms with Crippen molar-refractivity contribution in [1.29, 1.82) is 0 Å². The first-order valence-corrected chi connectivity index (χ1v) is 14.6. The zero-order valence-corrected chi connectivity index (χ0v) is 24.8. The number of rotatable bonds is 6. The Balaban J connectivity index is 0.00000106. The molecular formula is C31H44FN5O3. The van der Waals surface area contributed by atoms with E-state index >= 15 is 0 Å². The molecule has 9 heteroatoms. The van der Waals surface area contributed by atoms with Gasteiger partial charge in [0.2, 0.25) is 0 Å². The maximum atomic E-state index is 13.8. The molecule has 8 nitrogen and oxygen atoms in total. The predicted molar refractivity (Wildman–Crippen MR) is 159 cm³/mol. The molecule has 1 atom stereocenters. The number of benzene rings is 2. The lowest BCUT2D eigenvalue weighted by atomic mass is 10.0. The van der Waals surface area contributed by atoms with Gasteiger partial charge in [-0.1, -0.05) is 40.7 Å². The molecule has 0 spiro atoms. The number of morpholine rings is 1. The summed E-state index contributed by atoms with van der Waals surface area (Å²) < 4.78 is 25.4. The van der Waals surface area contributed by atoms with Crippen molar-refractivity contribution in [3.05, 3.63) is 59.5 Å². The van der Waals surface area contributed by atoms with Gasteiger partial charge in [-0.25, -0.2) is 9.37 Å². The number of aromatic nitrogens is 2. The average Bonchev–Trinajstić information content (AvgIpc) is 3.02. The van der Waals surface area contributed by atoms with Crippen LogP contribution in [0.2, 0.25) is 0 Å². The fourth-order valence-electron chi connectivity index (χ4n) is 4.77. The topological polar surface area (TPSA) is 71.0 Å². The SMILES string of the molecule is CC.CC.CCN1CCN(C(=O)c2cc(C(C)Oc3cccc(F)c3)c3nc(N4CCOCC4)cnc3c2)CC1. The van der Waals surface area contributed by atoms with Crippen LogP contribution < -0.4 is 9.64 Å². The normalized spacial score (nSPS) is 16.4. The van der Waals surface area contributed by atoms with Crippen molar-refractivity contribution in [3.63, 3.8) is 0 Å². The Hall–Kier alpha value is -3.30. The second kappa shape index (κ2) is 15.5. The van der Waals surface area contributed by atoms with E-state index in [-0.39, 0.29) is 11.7 Å². The molecule has 2 saturated heterocycles. The summed E-state index contributed by atoms with van der Waals surface area (Å²) in [4.78, 5) is 29.5. The van der Waals surface area contributed by atoms with Crippen LogP contribution in [-0.4, -0.2) is 84.7 Å². The standard InChI is InChI=1S/C27H32FN5O3.2C2H6/c1-3-31-7-9-33(10-8-31)27(34)20-15-23(19(2)36-22-6-4-5-21(28)17-22)26-24(16-20)29-18-25(30-26)32-11-13-35-14-12-32;2*1-2/h4-6,15-19H,3,7-14H2,1-2H3;2*1-2H3. The van der Waals surface area contributed by atoms with Gasteiger partial charge in [-0.15, -0.1) is 0 Å². The molecular weight excluding hydrogens is 509 g/mol. The van der Waals surface area contributed by atoms with Crippen LogP contribution in [0.25, 0.3) is 11.0 Å². The van der Waals surface area contributed by atoms with Gasteiger partial charge in [-0.3, -0.25) is 9.78 Å². The third-order valence-electron chi connectivity index (χ3n) is 6.90. The van der Waals surface area contributed by atoms with Crippen molar-refractivity contribution in [2.75, 3.05) is 63.9 Å². The first-order valence-electron chi connectivity index (χ1n) is 14.6. The summed E-state index contributed by atoms with van der Waals surface area (Å²) in [6.07, 6.45) is 1.28. The van der Waals surface area contributed by atoms with E-state index in [1.807, 2.05) is 51.7 Å². The number of nitrogens with zero attached hydrogens (tertiary/aromatic N) is 5. The number of hydrogen-bond acceptors (Lipinski definition) is 7. The predicted octanol–water partition coefficient (Wildman–Crippen LogP) is 5.58. The van der Waals surface area contributed by atoms with Gasteiger partial charge in [0.1, 0.15) is 23.5 Å². The van der Waals surface area contributed by atoms with E-state index < -0.39 is 6.10 Å². The highest BCUT2D eigenvalue weighted by atomic mass is 19.1. The third-order valence-corrected chi connectivity index (χ3v) is 6.90. The number of likely N-dealkylation sites (N-methyl/N-ethyl adjacent to an activating group) is 1. The van der Waals surface area contributed by atoms with Crippen molar-refractivity contribution in [2.45, 2.75) is 47.6 Å². The summed E-state index contributed by atoms with van der Waals surface area (Å²) in [5, 5.41) is 0. The summed E-state index contributed by atoms with van der Waals surface area (Å²) in [7, 11) is 0. The molecule has 1 amide bonds. The van der Waals surface area contributed by atoms with Gasteiger partial charge in [0.25, 0.3) is 5.91 Å². The molecule has 40 heavy (non-hydrogen) atoms. The Labute approximate surface area is 238 Å². The highest BCUT2D eigenvalue weighted by Crippen LogP contribution is 2.30. The van der Waals surface area contributed by atoms with Crippen molar-refractivity contribution in [1.82, 2.24) is 19.8 Å². The van der Waals surface area contributed by atoms with Crippen LogP contribution in [0.3, 0.4) is 0 Å². The number of hydrogen-bond donors (Lipinski definition) is 0. The van der Waals surface area contributed by atoms with Crippen LogP contribution in [0.1, 0.15) is 63.6 Å². The lowest BCUT2D eigenvalue weighted by Crippen LogP contribution is -2.48. The Morgan fingerprint density at radius 2 is 1.73 bits per heavy atom. The van der Waals surface area contributed by atoms with Crippen molar-refractivity contribution >= 4 is 22.8 Å². The number of carbonyl (C=O) groups excluding carboxylic acids is 1. The Kier molecular flexibility index (Phi) is 12.1. The van der Waals surface area contributed by atoms with E-state index in [1.165, 1.54) is 12.1 Å². The zero-order chi connectivity index (χ0) is 29.1. The van der Waals surface area contributed by atoms with Gasteiger partial charge in [-0.2, -0.15) is 0 Å². The maximum Gasteiger partial charge on any atom is 0.254 e. The fourth-order valence-corrected chi connectivity index (χ4v) is 4.77. The number of piperazine rings is 1. The van der Waals surface area contributed by atoms with Gasteiger partial charge in [-0.05, 0) is 37.7 Å². The molecule has 3 aromatic rings. The molecule has 2 aliphatic heterocycles. The summed E-state index contributed by atoms with van der Waals surface area (Å²) in [6.45, 7) is 18.9. The average molecular weight is 554 g/mol. The summed E-state index contributed by atoms with van der Waals surface area (Å²) in [5.74, 6) is 0.792. The molecule has 2 aromatic carbocycles. The van der Waals surface area contributed by atoms with Crippen LogP contribution >= 0.6 is 0 Å². The highest BCUT2D eigenvalue weighted by molar-refractivity contribution is 5.98. The first kappa shape index (κ1) is 31.2. The minimum atomic E-state index is -0.478. The van der Waals surface area contributed by atoms with Crippen LogP contribution in [0, 0.1) is 5.82 Å². The monoisotopic (exact) mass is 553 g/mol. The van der Waals surface area contributed by atoms with Crippen molar-refractivity contribution < 1.29 is 18.7 Å². The number of halogens is 1. The molecule has 0 bridgehead atoms. The van der Waals surface area contributed by atoms with Crippen molar-refractivity contribution in [2.24, 2.45) is 0 Å². The smallest absolute Gasteiger partial charge is 0.254 e.